The fourth-order valence-electron chi connectivity index (χ4n) is 2.89. The van der Waals surface area contributed by atoms with Crippen molar-refractivity contribution in [1.29, 1.82) is 0 Å². The molecule has 1 fully saturated rings. The van der Waals surface area contributed by atoms with Crippen molar-refractivity contribution in [2.75, 3.05) is 7.11 Å². The van der Waals surface area contributed by atoms with Gasteiger partial charge in [0.05, 0.1) is 12.7 Å². The second-order valence-electron chi connectivity index (χ2n) is 7.84. The number of nitrogens with zero attached hydrogens (tertiary/aromatic N) is 2. The number of carbonyl (C=O) groups is 1. The fraction of sp³-hybridized carbons (Fsp3) is 0.500. The average Bonchev–Trinajstić information content (AvgIpc) is 2.94. The van der Waals surface area contributed by atoms with Crippen LogP contribution >= 0.6 is 22.9 Å². The Hall–Kier alpha value is -1.59. The van der Waals surface area contributed by atoms with Crippen LogP contribution in [-0.2, 0) is 12.0 Å². The van der Waals surface area contributed by atoms with Gasteiger partial charge in [0, 0.05) is 22.6 Å². The first-order chi connectivity index (χ1) is 12.3. The van der Waals surface area contributed by atoms with Crippen LogP contribution in [-0.4, -0.2) is 17.6 Å². The van der Waals surface area contributed by atoms with Crippen LogP contribution in [0.25, 0.3) is 0 Å². The third kappa shape index (κ3) is 4.21. The predicted octanol–water partition coefficient (Wildman–Crippen LogP) is 5.05. The van der Waals surface area contributed by atoms with E-state index in [-0.39, 0.29) is 11.3 Å². The van der Waals surface area contributed by atoms with Crippen molar-refractivity contribution < 1.29 is 9.53 Å². The molecule has 0 spiro atoms. The van der Waals surface area contributed by atoms with Gasteiger partial charge in [-0.05, 0) is 42.4 Å². The first kappa shape index (κ1) is 19.2. The summed E-state index contributed by atoms with van der Waals surface area (Å²) in [5.41, 5.74) is 0.414. The number of halogens is 1. The Morgan fingerprint density at radius 2 is 2.12 bits per heavy atom. The summed E-state index contributed by atoms with van der Waals surface area (Å²) in [6, 6.07) is 5.01. The standard InChI is InChI=1S/C20H25ClN2O2S/c1-20(2,3)17-12-23(11-13-6-5-7-13)19(26-17)22-18(24)15-10-14(21)8-9-16(15)25-4/h8-10,12-13H,5-7,11H2,1-4H3/b22-19-. The first-order valence-corrected chi connectivity index (χ1v) is 10.1. The van der Waals surface area contributed by atoms with Crippen LogP contribution in [0.3, 0.4) is 0 Å². The van der Waals surface area contributed by atoms with Gasteiger partial charge in [0.25, 0.3) is 5.91 Å². The SMILES string of the molecule is COc1ccc(Cl)cc1C(=O)/N=c1\sc(C(C)(C)C)cn1CC1CCC1. The van der Waals surface area contributed by atoms with Crippen LogP contribution < -0.4 is 9.54 Å². The topological polar surface area (TPSA) is 43.6 Å². The number of rotatable bonds is 4. The number of benzene rings is 1. The predicted molar refractivity (Wildman–Crippen MR) is 106 cm³/mol. The summed E-state index contributed by atoms with van der Waals surface area (Å²) in [6.45, 7) is 7.46. The molecule has 6 heteroatoms. The minimum atomic E-state index is -0.325. The third-order valence-corrected chi connectivity index (χ3v) is 6.41. The lowest BCUT2D eigenvalue weighted by molar-refractivity contribution is 0.0994. The van der Waals surface area contributed by atoms with Crippen LogP contribution in [0.5, 0.6) is 5.75 Å². The Bertz CT molecular complexity index is 873. The summed E-state index contributed by atoms with van der Waals surface area (Å²) in [5.74, 6) is 0.850. The molecule has 0 aliphatic heterocycles. The Labute approximate surface area is 163 Å². The van der Waals surface area contributed by atoms with Crippen LogP contribution in [0.15, 0.2) is 29.4 Å². The molecule has 1 heterocycles. The van der Waals surface area contributed by atoms with E-state index in [4.69, 9.17) is 16.3 Å². The molecule has 1 saturated carbocycles. The van der Waals surface area contributed by atoms with Gasteiger partial charge in [-0.15, -0.1) is 11.3 Å². The van der Waals surface area contributed by atoms with Crippen LogP contribution in [0.4, 0.5) is 0 Å². The zero-order chi connectivity index (χ0) is 18.9. The van der Waals surface area contributed by atoms with Gasteiger partial charge in [0.2, 0.25) is 0 Å². The molecule has 3 rings (SSSR count). The van der Waals surface area contributed by atoms with Gasteiger partial charge in [-0.2, -0.15) is 4.99 Å². The van der Waals surface area contributed by atoms with E-state index in [1.54, 1.807) is 36.6 Å². The summed E-state index contributed by atoms with van der Waals surface area (Å²) in [5, 5.41) is 0.494. The molecule has 0 radical (unpaired) electrons. The lowest BCUT2D eigenvalue weighted by atomic mass is 9.85. The average molecular weight is 393 g/mol. The monoisotopic (exact) mass is 392 g/mol. The fourth-order valence-corrected chi connectivity index (χ4v) is 4.12. The number of hydrogen-bond acceptors (Lipinski definition) is 3. The summed E-state index contributed by atoms with van der Waals surface area (Å²) >= 11 is 7.64. The summed E-state index contributed by atoms with van der Waals surface area (Å²) < 4.78 is 7.44. The maximum atomic E-state index is 12.8. The van der Waals surface area contributed by atoms with Gasteiger partial charge in [0.1, 0.15) is 5.75 Å². The van der Waals surface area contributed by atoms with Crippen molar-refractivity contribution in [2.24, 2.45) is 10.9 Å². The molecule has 0 atom stereocenters. The highest BCUT2D eigenvalue weighted by Crippen LogP contribution is 2.30. The van der Waals surface area contributed by atoms with E-state index in [1.165, 1.54) is 24.1 Å². The molecule has 2 aromatic rings. The van der Waals surface area contributed by atoms with Crippen molar-refractivity contribution in [3.63, 3.8) is 0 Å². The minimum absolute atomic E-state index is 0.0244. The number of methoxy groups -OCH3 is 1. The quantitative estimate of drug-likeness (QED) is 0.730. The van der Waals surface area contributed by atoms with E-state index < -0.39 is 0 Å². The largest absolute Gasteiger partial charge is 0.496 e. The lowest BCUT2D eigenvalue weighted by Gasteiger charge is -2.25. The normalized spacial score (nSPS) is 15.8. The number of ether oxygens (including phenoxy) is 1. The van der Waals surface area contributed by atoms with Crippen LogP contribution in [0, 0.1) is 5.92 Å². The molecule has 1 aliphatic carbocycles. The van der Waals surface area contributed by atoms with Crippen molar-refractivity contribution in [3.8, 4) is 5.75 Å². The molecule has 0 unspecified atom stereocenters. The van der Waals surface area contributed by atoms with Gasteiger partial charge >= 0.3 is 0 Å². The molecule has 1 amide bonds. The zero-order valence-electron chi connectivity index (χ0n) is 15.7. The van der Waals surface area contributed by atoms with Gasteiger partial charge in [-0.3, -0.25) is 4.79 Å². The van der Waals surface area contributed by atoms with E-state index in [1.807, 2.05) is 0 Å². The van der Waals surface area contributed by atoms with Crippen molar-refractivity contribution in [2.45, 2.75) is 52.0 Å². The van der Waals surface area contributed by atoms with Crippen molar-refractivity contribution in [1.82, 2.24) is 4.57 Å². The molecule has 1 aromatic heterocycles. The van der Waals surface area contributed by atoms with Crippen molar-refractivity contribution >= 4 is 28.8 Å². The van der Waals surface area contributed by atoms with Gasteiger partial charge < -0.3 is 9.30 Å². The Balaban J connectivity index is 2.02. The number of amides is 1. The molecular weight excluding hydrogens is 368 g/mol. The number of aromatic nitrogens is 1. The summed E-state index contributed by atoms with van der Waals surface area (Å²) in [4.78, 5) is 19.2. The van der Waals surface area contributed by atoms with E-state index in [9.17, 15) is 4.79 Å². The van der Waals surface area contributed by atoms with Crippen LogP contribution in [0.1, 0.15) is 55.3 Å². The van der Waals surface area contributed by atoms with Crippen molar-refractivity contribution in [3.05, 3.63) is 44.7 Å². The maximum absolute atomic E-state index is 12.8. The highest BCUT2D eigenvalue weighted by molar-refractivity contribution is 7.09. The molecule has 4 nitrogen and oxygen atoms in total. The van der Waals surface area contributed by atoms with Gasteiger partial charge in [-0.25, -0.2) is 0 Å². The second-order valence-corrected chi connectivity index (χ2v) is 9.28. The zero-order valence-corrected chi connectivity index (χ0v) is 17.3. The molecule has 140 valence electrons. The number of carbonyl (C=O) groups excluding carboxylic acids is 1. The Morgan fingerprint density at radius 1 is 1.38 bits per heavy atom. The molecule has 26 heavy (non-hydrogen) atoms. The molecule has 0 bridgehead atoms. The smallest absolute Gasteiger partial charge is 0.283 e. The summed E-state index contributed by atoms with van der Waals surface area (Å²) in [6.07, 6.45) is 5.96. The summed E-state index contributed by atoms with van der Waals surface area (Å²) in [7, 11) is 1.54. The third-order valence-electron chi connectivity index (χ3n) is 4.73. The number of hydrogen-bond donors (Lipinski definition) is 0. The molecule has 1 aromatic carbocycles. The van der Waals surface area contributed by atoms with Gasteiger partial charge in [-0.1, -0.05) is 38.8 Å². The molecule has 0 saturated heterocycles. The van der Waals surface area contributed by atoms with Gasteiger partial charge in [0.15, 0.2) is 4.80 Å². The molecule has 0 N–H and O–H groups in total. The second kappa shape index (κ2) is 7.57. The molecule has 1 aliphatic rings. The first-order valence-electron chi connectivity index (χ1n) is 8.91. The minimum Gasteiger partial charge on any atom is -0.496 e. The highest BCUT2D eigenvalue weighted by atomic mass is 35.5. The van der Waals surface area contributed by atoms with Crippen LogP contribution in [0.2, 0.25) is 5.02 Å². The lowest BCUT2D eigenvalue weighted by Crippen LogP contribution is -2.24. The van der Waals surface area contributed by atoms with E-state index in [2.05, 4.69) is 36.5 Å². The van der Waals surface area contributed by atoms with E-state index in [0.717, 1.165) is 11.3 Å². The van der Waals surface area contributed by atoms with E-state index >= 15 is 0 Å². The Morgan fingerprint density at radius 3 is 2.69 bits per heavy atom. The van der Waals surface area contributed by atoms with E-state index in [0.29, 0.717) is 22.3 Å². The maximum Gasteiger partial charge on any atom is 0.283 e. The Kier molecular flexibility index (Phi) is 5.58. The number of thiazole rings is 1. The molecular formula is C20H25ClN2O2S. The highest BCUT2D eigenvalue weighted by Gasteiger charge is 2.22.